The molecule has 0 spiro atoms. The first-order chi connectivity index (χ1) is 9.95. The van der Waals surface area contributed by atoms with E-state index in [1.165, 1.54) is 25.1 Å². The molecule has 0 saturated carbocycles. The summed E-state index contributed by atoms with van der Waals surface area (Å²) in [5, 5.41) is 2.68. The summed E-state index contributed by atoms with van der Waals surface area (Å²) in [6.45, 7) is 3.28. The minimum atomic E-state index is -0.400. The van der Waals surface area contributed by atoms with Crippen molar-refractivity contribution < 1.29 is 14.0 Å². The van der Waals surface area contributed by atoms with E-state index in [0.29, 0.717) is 28.1 Å². The van der Waals surface area contributed by atoms with Gasteiger partial charge in [-0.15, -0.1) is 0 Å². The highest BCUT2D eigenvalue weighted by Gasteiger charge is 2.24. The smallest absolute Gasteiger partial charge is 0.256 e. The number of Topliss-reactive ketones (excluding diaryl/α,β-unsaturated/α-hetero) is 1. The van der Waals surface area contributed by atoms with Crippen molar-refractivity contribution in [3.8, 4) is 0 Å². The highest BCUT2D eigenvalue weighted by Crippen LogP contribution is 2.33. The molecular weight excluding hydrogens is 271 g/mol. The fourth-order valence-corrected chi connectivity index (χ4v) is 2.49. The second-order valence-corrected chi connectivity index (χ2v) is 5.02. The van der Waals surface area contributed by atoms with Crippen molar-refractivity contribution in [2.45, 2.75) is 13.8 Å². The molecule has 5 heteroatoms. The molecule has 1 amide bonds. The van der Waals surface area contributed by atoms with E-state index in [1.54, 1.807) is 19.1 Å². The maximum Gasteiger partial charge on any atom is 0.256 e. The molecule has 0 radical (unpaired) electrons. The second-order valence-electron chi connectivity index (χ2n) is 5.02. The third-order valence-corrected chi connectivity index (χ3v) is 3.48. The quantitative estimate of drug-likeness (QED) is 0.657. The van der Waals surface area contributed by atoms with Crippen LogP contribution >= 0.6 is 0 Å². The van der Waals surface area contributed by atoms with Crippen molar-refractivity contribution in [1.82, 2.24) is 4.98 Å². The van der Waals surface area contributed by atoms with Crippen molar-refractivity contribution in [3.63, 3.8) is 0 Å². The number of benzene rings is 1. The zero-order valence-electron chi connectivity index (χ0n) is 11.6. The Balaban J connectivity index is 2.08. The average Bonchev–Trinajstić information content (AvgIpc) is 2.92. The molecule has 21 heavy (non-hydrogen) atoms. The monoisotopic (exact) mass is 284 g/mol. The number of rotatable bonds is 2. The standard InChI is InChI=1S/C16H13FN2O2/c1-8-12(9(2)20)6-11(18-8)7-14-13-5-10(17)3-4-15(13)19-16(14)21/h3-7,18H,1-2H3,(H,19,21)/b14-7-. The number of anilines is 1. The highest BCUT2D eigenvalue weighted by atomic mass is 19.1. The van der Waals surface area contributed by atoms with Crippen LogP contribution in [0, 0.1) is 12.7 Å². The number of aryl methyl sites for hydroxylation is 1. The zero-order chi connectivity index (χ0) is 15.1. The fraction of sp³-hybridized carbons (Fsp3) is 0.125. The van der Waals surface area contributed by atoms with Gasteiger partial charge in [-0.05, 0) is 44.2 Å². The van der Waals surface area contributed by atoms with Crippen LogP contribution in [0.15, 0.2) is 24.3 Å². The normalized spacial score (nSPS) is 15.2. The number of ketones is 1. The molecule has 2 aromatic rings. The fourth-order valence-electron chi connectivity index (χ4n) is 2.49. The molecule has 1 aliphatic rings. The van der Waals surface area contributed by atoms with Crippen LogP contribution in [-0.2, 0) is 4.79 Å². The molecule has 0 bridgehead atoms. The Labute approximate surface area is 120 Å². The van der Waals surface area contributed by atoms with Gasteiger partial charge in [0.25, 0.3) is 5.91 Å². The number of fused-ring (bicyclic) bond motifs is 1. The van der Waals surface area contributed by atoms with Gasteiger partial charge in [-0.1, -0.05) is 0 Å². The van der Waals surface area contributed by atoms with Gasteiger partial charge in [-0.25, -0.2) is 4.39 Å². The first-order valence-corrected chi connectivity index (χ1v) is 6.49. The minimum Gasteiger partial charge on any atom is -0.358 e. The average molecular weight is 284 g/mol. The largest absolute Gasteiger partial charge is 0.358 e. The summed E-state index contributed by atoms with van der Waals surface area (Å²) in [7, 11) is 0. The molecule has 106 valence electrons. The number of nitrogens with one attached hydrogen (secondary N) is 2. The molecular formula is C16H13FN2O2. The summed E-state index contributed by atoms with van der Waals surface area (Å²) in [4.78, 5) is 26.5. The molecule has 0 aliphatic carbocycles. The van der Waals surface area contributed by atoms with E-state index >= 15 is 0 Å². The van der Waals surface area contributed by atoms with Gasteiger partial charge in [0.15, 0.2) is 5.78 Å². The van der Waals surface area contributed by atoms with Gasteiger partial charge >= 0.3 is 0 Å². The number of aromatic amines is 1. The van der Waals surface area contributed by atoms with Crippen molar-refractivity contribution in [1.29, 1.82) is 0 Å². The first kappa shape index (κ1) is 13.3. The Morgan fingerprint density at radius 3 is 2.71 bits per heavy atom. The number of carbonyl (C=O) groups excluding carboxylic acids is 2. The predicted molar refractivity (Wildman–Crippen MR) is 78.4 cm³/mol. The molecule has 3 rings (SSSR count). The Kier molecular flexibility index (Phi) is 2.97. The summed E-state index contributed by atoms with van der Waals surface area (Å²) < 4.78 is 13.4. The summed E-state index contributed by atoms with van der Waals surface area (Å²) >= 11 is 0. The van der Waals surface area contributed by atoms with Crippen LogP contribution in [0.5, 0.6) is 0 Å². The van der Waals surface area contributed by atoms with Crippen molar-refractivity contribution in [2.75, 3.05) is 5.32 Å². The van der Waals surface area contributed by atoms with Gasteiger partial charge in [-0.2, -0.15) is 0 Å². The maximum absolute atomic E-state index is 13.4. The molecule has 0 unspecified atom stereocenters. The van der Waals surface area contributed by atoms with Gasteiger partial charge in [0.05, 0.1) is 5.57 Å². The minimum absolute atomic E-state index is 0.0456. The summed E-state index contributed by atoms with van der Waals surface area (Å²) in [6.07, 6.45) is 1.63. The molecule has 0 saturated heterocycles. The van der Waals surface area contributed by atoms with Gasteiger partial charge < -0.3 is 10.3 Å². The van der Waals surface area contributed by atoms with Gasteiger partial charge in [0.2, 0.25) is 0 Å². The van der Waals surface area contributed by atoms with Crippen LogP contribution < -0.4 is 5.32 Å². The lowest BCUT2D eigenvalue weighted by Crippen LogP contribution is -2.03. The summed E-state index contributed by atoms with van der Waals surface area (Å²) in [5.41, 5.74) is 3.45. The number of halogens is 1. The van der Waals surface area contributed by atoms with Gasteiger partial charge in [0, 0.05) is 28.2 Å². The van der Waals surface area contributed by atoms with Gasteiger partial charge in [-0.3, -0.25) is 9.59 Å². The molecule has 1 aromatic heterocycles. The van der Waals surface area contributed by atoms with E-state index in [0.717, 1.165) is 5.69 Å². The van der Waals surface area contributed by atoms with Crippen molar-refractivity contribution >= 4 is 29.0 Å². The number of H-pyrrole nitrogens is 1. The summed E-state index contributed by atoms with van der Waals surface area (Å²) in [5.74, 6) is -0.730. The van der Waals surface area contributed by atoms with Crippen LogP contribution in [-0.4, -0.2) is 16.7 Å². The Hall–Kier alpha value is -2.69. The molecule has 1 aliphatic heterocycles. The molecule has 0 fully saturated rings. The van der Waals surface area contributed by atoms with E-state index in [2.05, 4.69) is 10.3 Å². The Bertz CT molecular complexity index is 803. The van der Waals surface area contributed by atoms with E-state index in [4.69, 9.17) is 0 Å². The van der Waals surface area contributed by atoms with E-state index in [1.807, 2.05) is 0 Å². The van der Waals surface area contributed by atoms with Crippen LogP contribution in [0.4, 0.5) is 10.1 Å². The SMILES string of the molecule is CC(=O)c1cc(/C=C2\C(=O)Nc3ccc(F)cc32)[nH]c1C. The summed E-state index contributed by atoms with van der Waals surface area (Å²) in [6, 6.07) is 5.84. The highest BCUT2D eigenvalue weighted by molar-refractivity contribution is 6.34. The second kappa shape index (κ2) is 4.70. The van der Waals surface area contributed by atoms with Crippen molar-refractivity contribution in [3.05, 3.63) is 52.6 Å². The lowest BCUT2D eigenvalue weighted by atomic mass is 10.1. The molecule has 1 aromatic carbocycles. The van der Waals surface area contributed by atoms with Crippen LogP contribution in [0.2, 0.25) is 0 Å². The lowest BCUT2D eigenvalue weighted by molar-refractivity contribution is -0.110. The molecule has 0 atom stereocenters. The molecule has 4 nitrogen and oxygen atoms in total. The van der Waals surface area contributed by atoms with E-state index in [9.17, 15) is 14.0 Å². The number of hydrogen-bond donors (Lipinski definition) is 2. The molecule has 2 heterocycles. The van der Waals surface area contributed by atoms with Crippen LogP contribution in [0.1, 0.15) is 34.2 Å². The number of carbonyl (C=O) groups is 2. The van der Waals surface area contributed by atoms with Crippen molar-refractivity contribution in [2.24, 2.45) is 0 Å². The van der Waals surface area contributed by atoms with Crippen LogP contribution in [0.3, 0.4) is 0 Å². The third kappa shape index (κ3) is 2.27. The number of aromatic nitrogens is 1. The topological polar surface area (TPSA) is 62.0 Å². The van der Waals surface area contributed by atoms with Gasteiger partial charge in [0.1, 0.15) is 5.82 Å². The molecule has 2 N–H and O–H groups in total. The third-order valence-electron chi connectivity index (χ3n) is 3.48. The Morgan fingerprint density at radius 2 is 2.05 bits per heavy atom. The van der Waals surface area contributed by atoms with E-state index < -0.39 is 5.82 Å². The van der Waals surface area contributed by atoms with Crippen LogP contribution in [0.25, 0.3) is 11.6 Å². The maximum atomic E-state index is 13.4. The number of amides is 1. The lowest BCUT2D eigenvalue weighted by Gasteiger charge is -1.97. The predicted octanol–water partition coefficient (Wildman–Crippen LogP) is 3.16. The number of hydrogen-bond acceptors (Lipinski definition) is 2. The van der Waals surface area contributed by atoms with E-state index in [-0.39, 0.29) is 11.7 Å². The first-order valence-electron chi connectivity index (χ1n) is 6.49. The Morgan fingerprint density at radius 1 is 1.29 bits per heavy atom. The zero-order valence-corrected chi connectivity index (χ0v) is 11.6.